The summed E-state index contributed by atoms with van der Waals surface area (Å²) in [4.78, 5) is 12.3. The maximum absolute atomic E-state index is 4.30. The number of hydrogen-bond acceptors (Lipinski definition) is 1. The maximum atomic E-state index is 4.30. The predicted molar refractivity (Wildman–Crippen MR) is 202 cm³/mol. The van der Waals surface area contributed by atoms with E-state index in [1.165, 1.54) is 83.2 Å². The number of benzene rings is 8. The Morgan fingerprint density at radius 3 is 1.70 bits per heavy atom. The zero-order valence-electron chi connectivity index (χ0n) is 25.9. The van der Waals surface area contributed by atoms with Gasteiger partial charge in [-0.15, -0.1) is 0 Å². The quantitative estimate of drug-likeness (QED) is 0.143. The smallest absolute Gasteiger partial charge is 0.160 e. The van der Waals surface area contributed by atoms with E-state index in [0.29, 0.717) is 5.84 Å². The molecule has 220 valence electrons. The highest BCUT2D eigenvalue weighted by Gasteiger charge is 2.23. The number of fused-ring (bicyclic) bond motifs is 6. The van der Waals surface area contributed by atoms with Crippen LogP contribution < -0.4 is 0 Å². The third kappa shape index (κ3) is 4.39. The molecule has 0 saturated carbocycles. The van der Waals surface area contributed by atoms with Gasteiger partial charge in [0.15, 0.2) is 5.84 Å². The van der Waals surface area contributed by atoms with Gasteiger partial charge < -0.3 is 0 Å². The van der Waals surface area contributed by atoms with E-state index < -0.39 is 0 Å². The van der Waals surface area contributed by atoms with Gasteiger partial charge >= 0.3 is 0 Å². The Hall–Kier alpha value is -6.19. The fourth-order valence-corrected chi connectivity index (χ4v) is 7.27. The van der Waals surface area contributed by atoms with Crippen molar-refractivity contribution in [2.45, 2.75) is 0 Å². The molecule has 0 unspecified atom stereocenters. The van der Waals surface area contributed by atoms with E-state index in [4.69, 9.17) is 0 Å². The first-order valence-electron chi connectivity index (χ1n) is 15.8. The van der Waals surface area contributed by atoms with Crippen LogP contribution in [-0.2, 0) is 0 Å². The Labute approximate surface area is 272 Å². The molecule has 8 aromatic carbocycles. The first kappa shape index (κ1) is 27.1. The van der Waals surface area contributed by atoms with E-state index >= 15 is 0 Å². The summed E-state index contributed by atoms with van der Waals surface area (Å²) in [5.74, 6) is 0.561. The molecule has 0 spiro atoms. The van der Waals surface area contributed by atoms with Crippen molar-refractivity contribution in [1.29, 1.82) is 0 Å². The minimum Gasteiger partial charge on any atom is -0.277 e. The Morgan fingerprint density at radius 2 is 1.04 bits per heavy atom. The van der Waals surface area contributed by atoms with Crippen LogP contribution in [0.2, 0.25) is 0 Å². The van der Waals surface area contributed by atoms with Gasteiger partial charge in [-0.1, -0.05) is 103 Å². The van der Waals surface area contributed by atoms with E-state index in [9.17, 15) is 0 Å². The van der Waals surface area contributed by atoms with Crippen LogP contribution in [-0.4, -0.2) is 25.9 Å². The maximum Gasteiger partial charge on any atom is 0.160 e. The summed E-state index contributed by atoms with van der Waals surface area (Å²) in [7, 11) is 1.69. The van der Waals surface area contributed by atoms with Crippen LogP contribution in [0.4, 0.5) is 0 Å². The normalized spacial score (nSPS) is 12.5. The van der Waals surface area contributed by atoms with Crippen LogP contribution in [0.15, 0.2) is 155 Å². The van der Waals surface area contributed by atoms with Crippen molar-refractivity contribution in [2.75, 3.05) is 7.05 Å². The molecule has 0 aliphatic heterocycles. The van der Waals surface area contributed by atoms with Gasteiger partial charge in [-0.05, 0) is 131 Å². The molecule has 0 N–H and O–H groups in total. The van der Waals surface area contributed by atoms with Crippen molar-refractivity contribution in [1.82, 2.24) is 0 Å². The van der Waals surface area contributed by atoms with E-state index in [1.54, 1.807) is 7.05 Å². The fourth-order valence-electron chi connectivity index (χ4n) is 7.27. The third-order valence-corrected chi connectivity index (χ3v) is 9.54. The molecule has 1 aliphatic carbocycles. The fraction of sp³-hybridized carbons (Fsp3) is 0.0227. The molecule has 8 aromatic rings. The molecule has 9 rings (SSSR count). The number of hydrogen-bond donors (Lipinski definition) is 0. The molecular formula is C44H29N3. The molecule has 0 saturated heterocycles. The Balaban J connectivity index is 1.08. The van der Waals surface area contributed by atoms with E-state index in [-0.39, 0.29) is 0 Å². The molecule has 0 heterocycles. The number of rotatable bonds is 4. The highest BCUT2D eigenvalue weighted by molar-refractivity contribution is 6.20. The van der Waals surface area contributed by atoms with Gasteiger partial charge in [0.05, 0.1) is 0 Å². The Morgan fingerprint density at radius 1 is 0.489 bits per heavy atom. The van der Waals surface area contributed by atoms with Crippen molar-refractivity contribution in [3.05, 3.63) is 145 Å². The molecule has 0 fully saturated rings. The molecule has 1 aliphatic rings. The van der Waals surface area contributed by atoms with Gasteiger partial charge in [-0.25, -0.2) is 9.98 Å². The van der Waals surface area contributed by atoms with Crippen molar-refractivity contribution < 1.29 is 0 Å². The van der Waals surface area contributed by atoms with Gasteiger partial charge in [0.25, 0.3) is 0 Å². The van der Waals surface area contributed by atoms with Gasteiger partial charge in [0, 0.05) is 12.6 Å². The summed E-state index contributed by atoms with van der Waals surface area (Å²) in [6.45, 7) is 3.67. The lowest BCUT2D eigenvalue weighted by Crippen LogP contribution is -1.97. The third-order valence-electron chi connectivity index (χ3n) is 9.54. The molecule has 0 amide bonds. The number of aliphatic imine (C=N–C) groups is 3. The van der Waals surface area contributed by atoms with Crippen molar-refractivity contribution in [2.24, 2.45) is 15.0 Å². The predicted octanol–water partition coefficient (Wildman–Crippen LogP) is 11.4. The zero-order chi connectivity index (χ0) is 31.5. The number of amidine groups is 1. The van der Waals surface area contributed by atoms with Gasteiger partial charge in [-0.2, -0.15) is 0 Å². The molecule has 47 heavy (non-hydrogen) atoms. The largest absolute Gasteiger partial charge is 0.277 e. The average Bonchev–Trinajstić information content (AvgIpc) is 3.44. The van der Waals surface area contributed by atoms with E-state index in [1.807, 2.05) is 6.07 Å². The van der Waals surface area contributed by atoms with E-state index in [2.05, 4.69) is 155 Å². The van der Waals surface area contributed by atoms with Crippen LogP contribution in [0.1, 0.15) is 5.56 Å². The summed E-state index contributed by atoms with van der Waals surface area (Å²) in [5, 5.41) is 9.97. The van der Waals surface area contributed by atoms with Crippen molar-refractivity contribution in [3.8, 4) is 44.5 Å². The first-order valence-corrected chi connectivity index (χ1v) is 15.8. The summed E-state index contributed by atoms with van der Waals surface area (Å²) in [6.07, 6.45) is 1.49. The highest BCUT2D eigenvalue weighted by Crippen LogP contribution is 2.50. The van der Waals surface area contributed by atoms with Crippen LogP contribution in [0, 0.1) is 0 Å². The highest BCUT2D eigenvalue weighted by atomic mass is 14.9. The van der Waals surface area contributed by atoms with Crippen molar-refractivity contribution in [3.63, 3.8) is 0 Å². The average molecular weight is 600 g/mol. The molecular weight excluding hydrogens is 571 g/mol. The number of nitrogens with zero attached hydrogens (tertiary/aromatic N) is 3. The van der Waals surface area contributed by atoms with E-state index in [0.717, 1.165) is 16.3 Å². The lowest BCUT2D eigenvalue weighted by atomic mass is 9.92. The minimum absolute atomic E-state index is 0.561. The Bertz CT molecular complexity index is 2610. The molecule has 0 bridgehead atoms. The summed E-state index contributed by atoms with van der Waals surface area (Å²) < 4.78 is 0. The second-order valence-corrected chi connectivity index (χ2v) is 12.2. The first-order chi connectivity index (χ1) is 23.2. The van der Waals surface area contributed by atoms with Crippen LogP contribution in [0.3, 0.4) is 0 Å². The zero-order valence-corrected chi connectivity index (χ0v) is 25.9. The summed E-state index contributed by atoms with van der Waals surface area (Å²) in [5.41, 5.74) is 11.1. The van der Waals surface area contributed by atoms with Crippen LogP contribution in [0.25, 0.3) is 87.6 Å². The molecule has 3 heteroatoms. The topological polar surface area (TPSA) is 37.1 Å². The summed E-state index contributed by atoms with van der Waals surface area (Å²) >= 11 is 0. The standard InChI is InChI=1S/C44H29N3/c1-45-26-47-44(46-2)36-17-15-32-21-30(11-13-34(32)23-36)29-10-12-33-22-35(16-14-31(33)20-29)37-18-19-40-42-25-28-7-4-3-6-27(28)24-41(42)39-9-5-8-38(37)43(39)40/h3-26H,2H2,1H3. The lowest BCUT2D eigenvalue weighted by Gasteiger charge is -2.12. The Kier molecular flexibility index (Phi) is 6.19. The SMILES string of the molecule is C=NC(=NC=NC)c1ccc2cc(-c3ccc4cc(-c5ccc6c7c(cccc57)-c5cc7ccccc7cc5-6)ccc4c3)ccc2c1. The van der Waals surface area contributed by atoms with Crippen LogP contribution >= 0.6 is 0 Å². The monoisotopic (exact) mass is 599 g/mol. The second-order valence-electron chi connectivity index (χ2n) is 12.2. The summed E-state index contributed by atoms with van der Waals surface area (Å²) in [6, 6.07) is 51.2. The molecule has 3 nitrogen and oxygen atoms in total. The minimum atomic E-state index is 0.561. The molecule has 0 aromatic heterocycles. The van der Waals surface area contributed by atoms with Crippen molar-refractivity contribution >= 4 is 62.0 Å². The lowest BCUT2D eigenvalue weighted by molar-refractivity contribution is 1.43. The molecule has 0 atom stereocenters. The van der Waals surface area contributed by atoms with Gasteiger partial charge in [0.1, 0.15) is 6.34 Å². The molecule has 0 radical (unpaired) electrons. The van der Waals surface area contributed by atoms with Gasteiger partial charge in [-0.3, -0.25) is 4.99 Å². The van der Waals surface area contributed by atoms with Gasteiger partial charge in [0.2, 0.25) is 0 Å². The van der Waals surface area contributed by atoms with Crippen LogP contribution in [0.5, 0.6) is 0 Å². The second kappa shape index (κ2) is 10.7.